The van der Waals surface area contributed by atoms with Crippen LogP contribution in [0.25, 0.3) is 11.0 Å². The van der Waals surface area contributed by atoms with Gasteiger partial charge in [-0.05, 0) is 17.7 Å². The van der Waals surface area contributed by atoms with Crippen LogP contribution in [0.3, 0.4) is 0 Å². The minimum atomic E-state index is -0.860. The molecule has 0 fully saturated rings. The molecule has 0 aliphatic rings. The lowest BCUT2D eigenvalue weighted by Gasteiger charge is -2.09. The first-order valence-corrected chi connectivity index (χ1v) is 7.16. The zero-order chi connectivity index (χ0) is 14.8. The Morgan fingerprint density at radius 3 is 2.62 bits per heavy atom. The Hall–Kier alpha value is -2.38. The third kappa shape index (κ3) is 2.37. The van der Waals surface area contributed by atoms with Crippen LogP contribution in [0.1, 0.15) is 21.8 Å². The van der Waals surface area contributed by atoms with Crippen molar-refractivity contribution in [1.82, 2.24) is 0 Å². The molecule has 3 aromatic rings. The maximum Gasteiger partial charge on any atom is 0.188 e. The first kappa shape index (κ1) is 13.6. The number of para-hydroxylation sites is 1. The van der Waals surface area contributed by atoms with E-state index in [2.05, 4.69) is 22.0 Å². The fourth-order valence-electron chi connectivity index (χ4n) is 2.30. The highest BCUT2D eigenvalue weighted by Gasteiger charge is 2.26. The number of rotatable bonds is 3. The molecule has 3 nitrogen and oxygen atoms in total. The second-order valence-electron chi connectivity index (χ2n) is 4.59. The van der Waals surface area contributed by atoms with Crippen LogP contribution in [0.2, 0.25) is 0 Å². The van der Waals surface area contributed by atoms with Gasteiger partial charge in [-0.25, -0.2) is 0 Å². The molecule has 0 saturated heterocycles. The molecule has 0 aliphatic heterocycles. The first-order chi connectivity index (χ1) is 10.2. The monoisotopic (exact) mass is 339 g/mol. The largest absolute Gasteiger partial charge is 0.464 e. The second kappa shape index (κ2) is 5.55. The van der Waals surface area contributed by atoms with E-state index in [1.165, 1.54) is 6.26 Å². The number of hydrogen-bond donors (Lipinski definition) is 0. The highest BCUT2D eigenvalue weighted by molar-refractivity contribution is 9.10. The average molecular weight is 340 g/mol. The molecule has 0 aliphatic carbocycles. The molecule has 0 N–H and O–H groups in total. The SMILES string of the molecule is N#CC(C(=O)c1coc2ccccc12)c1ccccc1Br. The molecule has 1 unspecified atom stereocenters. The predicted octanol–water partition coefficient (Wildman–Crippen LogP) is 4.69. The summed E-state index contributed by atoms with van der Waals surface area (Å²) in [5.41, 5.74) is 1.74. The first-order valence-electron chi connectivity index (χ1n) is 6.37. The van der Waals surface area contributed by atoms with Gasteiger partial charge in [-0.1, -0.05) is 52.3 Å². The number of fused-ring (bicyclic) bond motifs is 1. The number of halogens is 1. The Morgan fingerprint density at radius 1 is 1.14 bits per heavy atom. The fourth-order valence-corrected chi connectivity index (χ4v) is 2.82. The summed E-state index contributed by atoms with van der Waals surface area (Å²) in [5, 5.41) is 10.2. The van der Waals surface area contributed by atoms with E-state index in [1.54, 1.807) is 12.1 Å². The molecule has 2 aromatic carbocycles. The molecule has 4 heteroatoms. The minimum Gasteiger partial charge on any atom is -0.464 e. The molecule has 3 rings (SSSR count). The van der Waals surface area contributed by atoms with E-state index >= 15 is 0 Å². The minimum absolute atomic E-state index is 0.255. The highest BCUT2D eigenvalue weighted by atomic mass is 79.9. The number of nitriles is 1. The lowest BCUT2D eigenvalue weighted by Crippen LogP contribution is -2.11. The van der Waals surface area contributed by atoms with Crippen LogP contribution in [-0.4, -0.2) is 5.78 Å². The molecule has 1 aromatic heterocycles. The second-order valence-corrected chi connectivity index (χ2v) is 5.45. The number of carbonyl (C=O) groups excluding carboxylic acids is 1. The number of nitrogens with zero attached hydrogens (tertiary/aromatic N) is 1. The number of carbonyl (C=O) groups is 1. The van der Waals surface area contributed by atoms with E-state index in [0.29, 0.717) is 16.7 Å². The van der Waals surface area contributed by atoms with E-state index in [4.69, 9.17) is 4.42 Å². The summed E-state index contributed by atoms with van der Waals surface area (Å²) in [6.07, 6.45) is 1.42. The predicted molar refractivity (Wildman–Crippen MR) is 83.0 cm³/mol. The fraction of sp³-hybridized carbons (Fsp3) is 0.0588. The third-order valence-electron chi connectivity index (χ3n) is 3.35. The quantitative estimate of drug-likeness (QED) is 0.650. The summed E-state index contributed by atoms with van der Waals surface area (Å²) in [6.45, 7) is 0. The Bertz CT molecular complexity index is 860. The zero-order valence-electron chi connectivity index (χ0n) is 10.9. The summed E-state index contributed by atoms with van der Waals surface area (Å²) >= 11 is 3.39. The maximum absolute atomic E-state index is 12.7. The van der Waals surface area contributed by atoms with Crippen LogP contribution in [0, 0.1) is 11.3 Å². The lowest BCUT2D eigenvalue weighted by molar-refractivity contribution is 0.0979. The normalized spacial score (nSPS) is 12.0. The van der Waals surface area contributed by atoms with Crippen LogP contribution in [-0.2, 0) is 0 Å². The van der Waals surface area contributed by atoms with Crippen molar-refractivity contribution in [2.75, 3.05) is 0 Å². The van der Waals surface area contributed by atoms with Gasteiger partial charge in [0.15, 0.2) is 5.78 Å². The van der Waals surface area contributed by atoms with Gasteiger partial charge in [0.2, 0.25) is 0 Å². The number of ketones is 1. The number of benzene rings is 2. The molecule has 1 atom stereocenters. The molecule has 21 heavy (non-hydrogen) atoms. The van der Waals surface area contributed by atoms with E-state index in [0.717, 1.165) is 9.86 Å². The molecule has 0 saturated carbocycles. The molecular formula is C17H10BrNO2. The van der Waals surface area contributed by atoms with Crippen molar-refractivity contribution >= 4 is 32.7 Å². The molecule has 0 bridgehead atoms. The van der Waals surface area contributed by atoms with Crippen LogP contribution in [0.15, 0.2) is 63.7 Å². The number of furan rings is 1. The van der Waals surface area contributed by atoms with Gasteiger partial charge in [-0.3, -0.25) is 4.79 Å². The van der Waals surface area contributed by atoms with E-state index in [-0.39, 0.29) is 5.78 Å². The van der Waals surface area contributed by atoms with Crippen molar-refractivity contribution < 1.29 is 9.21 Å². The topological polar surface area (TPSA) is 54.0 Å². The molecular weight excluding hydrogens is 330 g/mol. The standard InChI is InChI=1S/C17H10BrNO2/c18-15-7-3-1-5-11(15)13(9-19)17(20)14-10-21-16-8-4-2-6-12(14)16/h1-8,10,13H. The van der Waals surface area contributed by atoms with Crippen molar-refractivity contribution in [3.8, 4) is 6.07 Å². The Kier molecular flexibility index (Phi) is 3.59. The molecule has 102 valence electrons. The Labute approximate surface area is 129 Å². The van der Waals surface area contributed by atoms with Crippen LogP contribution in [0.5, 0.6) is 0 Å². The lowest BCUT2D eigenvalue weighted by atomic mass is 9.92. The zero-order valence-corrected chi connectivity index (χ0v) is 12.5. The van der Waals surface area contributed by atoms with Crippen LogP contribution >= 0.6 is 15.9 Å². The van der Waals surface area contributed by atoms with Gasteiger partial charge in [-0.2, -0.15) is 5.26 Å². The van der Waals surface area contributed by atoms with Crippen molar-refractivity contribution in [3.63, 3.8) is 0 Å². The molecule has 1 heterocycles. The number of hydrogen-bond acceptors (Lipinski definition) is 3. The van der Waals surface area contributed by atoms with Crippen molar-refractivity contribution in [2.45, 2.75) is 5.92 Å². The van der Waals surface area contributed by atoms with Gasteiger partial charge in [0.25, 0.3) is 0 Å². The maximum atomic E-state index is 12.7. The average Bonchev–Trinajstić information content (AvgIpc) is 2.93. The van der Waals surface area contributed by atoms with Gasteiger partial charge in [0.05, 0.1) is 11.6 Å². The summed E-state index contributed by atoms with van der Waals surface area (Å²) in [5.74, 6) is -1.11. The summed E-state index contributed by atoms with van der Waals surface area (Å²) in [6, 6.07) is 16.6. The van der Waals surface area contributed by atoms with E-state index in [9.17, 15) is 10.1 Å². The summed E-state index contributed by atoms with van der Waals surface area (Å²) in [7, 11) is 0. The van der Waals surface area contributed by atoms with Gasteiger partial charge in [0.1, 0.15) is 17.8 Å². The smallest absolute Gasteiger partial charge is 0.188 e. The van der Waals surface area contributed by atoms with Gasteiger partial charge < -0.3 is 4.42 Å². The van der Waals surface area contributed by atoms with E-state index in [1.807, 2.05) is 36.4 Å². The Balaban J connectivity index is 2.08. The van der Waals surface area contributed by atoms with Crippen molar-refractivity contribution in [2.24, 2.45) is 0 Å². The summed E-state index contributed by atoms with van der Waals surface area (Å²) < 4.78 is 6.14. The van der Waals surface area contributed by atoms with Crippen molar-refractivity contribution in [3.05, 3.63) is 70.4 Å². The van der Waals surface area contributed by atoms with E-state index < -0.39 is 5.92 Å². The third-order valence-corrected chi connectivity index (χ3v) is 4.08. The summed E-state index contributed by atoms with van der Waals surface area (Å²) in [4.78, 5) is 12.7. The molecule has 0 spiro atoms. The van der Waals surface area contributed by atoms with Crippen molar-refractivity contribution in [1.29, 1.82) is 5.26 Å². The van der Waals surface area contributed by atoms with Crippen LogP contribution < -0.4 is 0 Å². The highest BCUT2D eigenvalue weighted by Crippen LogP contribution is 2.30. The van der Waals surface area contributed by atoms with Gasteiger partial charge >= 0.3 is 0 Å². The van der Waals surface area contributed by atoms with Crippen LogP contribution in [0.4, 0.5) is 0 Å². The number of Topliss-reactive ketones (excluding diaryl/α,β-unsaturated/α-hetero) is 1. The Morgan fingerprint density at radius 2 is 1.86 bits per heavy atom. The van der Waals surface area contributed by atoms with Gasteiger partial charge in [0, 0.05) is 9.86 Å². The molecule has 0 radical (unpaired) electrons. The molecule has 0 amide bonds. The van der Waals surface area contributed by atoms with Gasteiger partial charge in [-0.15, -0.1) is 0 Å².